The van der Waals surface area contributed by atoms with Gasteiger partial charge in [-0.05, 0) is 43.3 Å². The van der Waals surface area contributed by atoms with Gasteiger partial charge in [0.05, 0.1) is 17.1 Å². The standard InChI is InChI=1S/C22H22N6OS2/c1-15-12-19(28(26-15)17-6-3-2-4-7-17)23-21(29)14-31-22-25-24-20(27(22)16-9-10-16)13-18-8-5-11-30-18/h2-8,11-12,16H,9-10,13-14H2,1H3,(H,23,29). The summed E-state index contributed by atoms with van der Waals surface area (Å²) >= 11 is 3.16. The first-order chi connectivity index (χ1) is 15.2. The van der Waals surface area contributed by atoms with Gasteiger partial charge in [0.15, 0.2) is 5.16 Å². The lowest BCUT2D eigenvalue weighted by Gasteiger charge is -2.10. The van der Waals surface area contributed by atoms with Crippen LogP contribution < -0.4 is 5.32 Å². The molecule has 9 heteroatoms. The van der Waals surface area contributed by atoms with Crippen LogP contribution in [0, 0.1) is 6.92 Å². The molecule has 1 aromatic carbocycles. The zero-order valence-corrected chi connectivity index (χ0v) is 18.7. The van der Waals surface area contributed by atoms with Crippen LogP contribution in [0.2, 0.25) is 0 Å². The van der Waals surface area contributed by atoms with Gasteiger partial charge in [0.25, 0.3) is 0 Å². The van der Waals surface area contributed by atoms with E-state index in [2.05, 4.69) is 42.7 Å². The number of nitrogens with one attached hydrogen (secondary N) is 1. The Balaban J connectivity index is 1.27. The zero-order chi connectivity index (χ0) is 21.2. The van der Waals surface area contributed by atoms with Crippen LogP contribution in [0.5, 0.6) is 0 Å². The lowest BCUT2D eigenvalue weighted by atomic mass is 10.3. The highest BCUT2D eigenvalue weighted by atomic mass is 32.2. The fourth-order valence-corrected chi connectivity index (χ4v) is 4.98. The average Bonchev–Trinajstić information content (AvgIpc) is 3.16. The minimum absolute atomic E-state index is 0.0905. The van der Waals surface area contributed by atoms with Gasteiger partial charge in [-0.2, -0.15) is 5.10 Å². The summed E-state index contributed by atoms with van der Waals surface area (Å²) < 4.78 is 3.97. The highest BCUT2D eigenvalue weighted by Gasteiger charge is 2.30. The van der Waals surface area contributed by atoms with E-state index in [1.807, 2.05) is 43.3 Å². The molecule has 0 bridgehead atoms. The van der Waals surface area contributed by atoms with Crippen LogP contribution in [-0.4, -0.2) is 36.2 Å². The molecule has 158 valence electrons. The summed E-state index contributed by atoms with van der Waals surface area (Å²) in [5, 5.41) is 19.2. The van der Waals surface area contributed by atoms with Crippen molar-refractivity contribution >= 4 is 34.8 Å². The van der Waals surface area contributed by atoms with E-state index in [0.29, 0.717) is 11.9 Å². The Bertz CT molecular complexity index is 1180. The quantitative estimate of drug-likeness (QED) is 0.400. The third-order valence-corrected chi connectivity index (χ3v) is 6.81. The van der Waals surface area contributed by atoms with Gasteiger partial charge in [-0.3, -0.25) is 4.79 Å². The van der Waals surface area contributed by atoms with Crippen LogP contribution in [0.15, 0.2) is 59.1 Å². The zero-order valence-electron chi connectivity index (χ0n) is 17.1. The predicted molar refractivity (Wildman–Crippen MR) is 123 cm³/mol. The molecule has 1 N–H and O–H groups in total. The summed E-state index contributed by atoms with van der Waals surface area (Å²) in [6.07, 6.45) is 3.07. The molecule has 1 aliphatic rings. The number of benzene rings is 1. The number of anilines is 1. The van der Waals surface area contributed by atoms with Crippen molar-refractivity contribution < 1.29 is 4.79 Å². The van der Waals surface area contributed by atoms with Gasteiger partial charge in [-0.15, -0.1) is 21.5 Å². The Labute approximate surface area is 188 Å². The minimum Gasteiger partial charge on any atom is -0.310 e. The number of para-hydroxylation sites is 1. The number of carbonyl (C=O) groups is 1. The molecule has 5 rings (SSSR count). The van der Waals surface area contributed by atoms with Crippen LogP contribution in [0.3, 0.4) is 0 Å². The number of hydrogen-bond acceptors (Lipinski definition) is 6. The number of hydrogen-bond donors (Lipinski definition) is 1. The van der Waals surface area contributed by atoms with Gasteiger partial charge in [0, 0.05) is 23.4 Å². The summed E-state index contributed by atoms with van der Waals surface area (Å²) in [5.74, 6) is 1.82. The average molecular weight is 451 g/mol. The predicted octanol–water partition coefficient (Wildman–Crippen LogP) is 4.49. The summed E-state index contributed by atoms with van der Waals surface area (Å²) in [4.78, 5) is 14.0. The summed E-state index contributed by atoms with van der Waals surface area (Å²) in [5.41, 5.74) is 1.75. The number of nitrogens with zero attached hydrogens (tertiary/aromatic N) is 5. The van der Waals surface area contributed by atoms with E-state index < -0.39 is 0 Å². The molecule has 1 aliphatic carbocycles. The number of aromatic nitrogens is 5. The second-order valence-electron chi connectivity index (χ2n) is 7.51. The topological polar surface area (TPSA) is 77.6 Å². The van der Waals surface area contributed by atoms with E-state index in [0.717, 1.165) is 41.6 Å². The van der Waals surface area contributed by atoms with Crippen molar-refractivity contribution in [3.63, 3.8) is 0 Å². The van der Waals surface area contributed by atoms with Gasteiger partial charge in [-0.25, -0.2) is 4.68 Å². The van der Waals surface area contributed by atoms with Gasteiger partial charge in [0.1, 0.15) is 11.6 Å². The van der Waals surface area contributed by atoms with Crippen molar-refractivity contribution in [1.29, 1.82) is 0 Å². The first kappa shape index (κ1) is 20.0. The van der Waals surface area contributed by atoms with Crippen molar-refractivity contribution in [2.24, 2.45) is 0 Å². The van der Waals surface area contributed by atoms with Gasteiger partial charge >= 0.3 is 0 Å². The lowest BCUT2D eigenvalue weighted by Crippen LogP contribution is -2.17. The molecule has 0 radical (unpaired) electrons. The number of carbonyl (C=O) groups excluding carboxylic acids is 1. The highest BCUT2D eigenvalue weighted by Crippen LogP contribution is 2.39. The molecule has 1 amide bonds. The second-order valence-corrected chi connectivity index (χ2v) is 9.49. The van der Waals surface area contributed by atoms with E-state index in [1.165, 1.54) is 16.6 Å². The Morgan fingerprint density at radius 1 is 1.19 bits per heavy atom. The molecule has 0 saturated heterocycles. The highest BCUT2D eigenvalue weighted by molar-refractivity contribution is 7.99. The molecule has 0 unspecified atom stereocenters. The van der Waals surface area contributed by atoms with Crippen LogP contribution in [0.1, 0.15) is 35.3 Å². The number of amides is 1. The van der Waals surface area contributed by atoms with E-state index in [-0.39, 0.29) is 11.7 Å². The maximum atomic E-state index is 12.7. The van der Waals surface area contributed by atoms with E-state index in [4.69, 9.17) is 0 Å². The molecule has 1 fully saturated rings. The summed E-state index contributed by atoms with van der Waals surface area (Å²) in [6, 6.07) is 16.3. The molecule has 3 heterocycles. The first-order valence-electron chi connectivity index (χ1n) is 10.2. The lowest BCUT2D eigenvalue weighted by molar-refractivity contribution is -0.113. The molecule has 0 spiro atoms. The molecule has 4 aromatic rings. The first-order valence-corrected chi connectivity index (χ1v) is 12.0. The van der Waals surface area contributed by atoms with Gasteiger partial charge in [-0.1, -0.05) is 36.0 Å². The van der Waals surface area contributed by atoms with Gasteiger partial charge in [0.2, 0.25) is 5.91 Å². The molecular weight excluding hydrogens is 428 g/mol. The SMILES string of the molecule is Cc1cc(NC(=O)CSc2nnc(Cc3cccs3)n2C2CC2)n(-c2ccccc2)n1. The van der Waals surface area contributed by atoms with Crippen LogP contribution in [0.25, 0.3) is 5.69 Å². The maximum absolute atomic E-state index is 12.7. The number of thiophene rings is 1. The third-order valence-electron chi connectivity index (χ3n) is 4.99. The molecule has 7 nitrogen and oxygen atoms in total. The fraction of sp³-hybridized carbons (Fsp3) is 0.273. The third kappa shape index (κ3) is 4.57. The van der Waals surface area contributed by atoms with Crippen LogP contribution >= 0.6 is 23.1 Å². The molecule has 3 aromatic heterocycles. The van der Waals surface area contributed by atoms with Crippen LogP contribution in [-0.2, 0) is 11.2 Å². The molecule has 0 atom stereocenters. The molecule has 0 aliphatic heterocycles. The van der Waals surface area contributed by atoms with Crippen LogP contribution in [0.4, 0.5) is 5.82 Å². The van der Waals surface area contributed by atoms with Crippen molar-refractivity contribution in [3.8, 4) is 5.69 Å². The summed E-state index contributed by atoms with van der Waals surface area (Å²) in [7, 11) is 0. The molecular formula is C22H22N6OS2. The number of thioether (sulfide) groups is 1. The number of rotatable bonds is 8. The Morgan fingerprint density at radius 2 is 2.03 bits per heavy atom. The maximum Gasteiger partial charge on any atom is 0.236 e. The normalized spacial score (nSPS) is 13.5. The molecule has 31 heavy (non-hydrogen) atoms. The second kappa shape index (κ2) is 8.68. The fourth-order valence-electron chi connectivity index (χ4n) is 3.46. The number of aryl methyl sites for hydroxylation is 1. The Kier molecular flexibility index (Phi) is 5.61. The van der Waals surface area contributed by atoms with Crippen molar-refractivity contribution in [3.05, 3.63) is 70.3 Å². The smallest absolute Gasteiger partial charge is 0.236 e. The Hall–Kier alpha value is -2.91. The van der Waals surface area contributed by atoms with Crippen molar-refractivity contribution in [2.75, 3.05) is 11.1 Å². The van der Waals surface area contributed by atoms with Crippen molar-refractivity contribution in [2.45, 2.75) is 37.4 Å². The largest absolute Gasteiger partial charge is 0.310 e. The molecule has 1 saturated carbocycles. The summed E-state index contributed by atoms with van der Waals surface area (Å²) in [6.45, 7) is 1.91. The van der Waals surface area contributed by atoms with E-state index in [1.54, 1.807) is 16.0 Å². The monoisotopic (exact) mass is 450 g/mol. The van der Waals surface area contributed by atoms with Crippen molar-refractivity contribution in [1.82, 2.24) is 24.5 Å². The van der Waals surface area contributed by atoms with E-state index >= 15 is 0 Å². The van der Waals surface area contributed by atoms with Gasteiger partial charge < -0.3 is 9.88 Å². The Morgan fingerprint density at radius 3 is 2.77 bits per heavy atom. The minimum atomic E-state index is -0.0905. The van der Waals surface area contributed by atoms with E-state index in [9.17, 15) is 4.79 Å².